The van der Waals surface area contributed by atoms with Gasteiger partial charge in [-0.05, 0) is 30.9 Å². The Labute approximate surface area is 146 Å². The summed E-state index contributed by atoms with van der Waals surface area (Å²) in [6.45, 7) is 1.36. The van der Waals surface area contributed by atoms with Crippen molar-refractivity contribution in [2.75, 3.05) is 13.2 Å². The van der Waals surface area contributed by atoms with Crippen molar-refractivity contribution in [2.45, 2.75) is 38.6 Å². The van der Waals surface area contributed by atoms with Gasteiger partial charge in [0.25, 0.3) is 11.8 Å². The van der Waals surface area contributed by atoms with E-state index in [1.54, 1.807) is 12.1 Å². The van der Waals surface area contributed by atoms with Crippen LogP contribution in [0.3, 0.4) is 0 Å². The van der Waals surface area contributed by atoms with Crippen molar-refractivity contribution in [2.24, 2.45) is 11.7 Å². The van der Waals surface area contributed by atoms with Gasteiger partial charge in [-0.1, -0.05) is 31.9 Å². The lowest BCUT2D eigenvalue weighted by Gasteiger charge is -2.29. The second-order valence-corrected chi connectivity index (χ2v) is 6.25. The van der Waals surface area contributed by atoms with Crippen molar-refractivity contribution in [1.29, 1.82) is 0 Å². The average molecular weight is 348 g/mol. The Bertz CT molecular complexity index is 632. The van der Waals surface area contributed by atoms with Gasteiger partial charge in [-0.3, -0.25) is 9.59 Å². The van der Waals surface area contributed by atoms with Crippen molar-refractivity contribution in [3.63, 3.8) is 0 Å². The minimum absolute atomic E-state index is 0.138. The number of primary amides is 1. The van der Waals surface area contributed by atoms with E-state index in [1.165, 1.54) is 18.6 Å². The van der Waals surface area contributed by atoms with Gasteiger partial charge in [0.2, 0.25) is 0 Å². The number of hydrogen-bond acceptors (Lipinski definition) is 5. The highest BCUT2D eigenvalue weighted by molar-refractivity contribution is 5.95. The molecular weight excluding hydrogens is 324 g/mol. The van der Waals surface area contributed by atoms with Crippen molar-refractivity contribution >= 4 is 17.8 Å². The zero-order chi connectivity index (χ0) is 18.2. The van der Waals surface area contributed by atoms with E-state index in [-0.39, 0.29) is 29.9 Å². The molecule has 0 aromatic heterocycles. The van der Waals surface area contributed by atoms with Crippen LogP contribution in [-0.4, -0.2) is 37.0 Å². The highest BCUT2D eigenvalue weighted by atomic mass is 16.6. The number of nitrogens with two attached hydrogens (primary N) is 1. The minimum Gasteiger partial charge on any atom is -0.481 e. The summed E-state index contributed by atoms with van der Waals surface area (Å²) in [7, 11) is 0. The summed E-state index contributed by atoms with van der Waals surface area (Å²) < 4.78 is 10.2. The first-order chi connectivity index (χ1) is 12.0. The lowest BCUT2D eigenvalue weighted by molar-refractivity contribution is -0.150. The summed E-state index contributed by atoms with van der Waals surface area (Å²) in [5.41, 5.74) is 5.41. The molecule has 7 heteroatoms. The van der Waals surface area contributed by atoms with Gasteiger partial charge >= 0.3 is 5.97 Å². The first-order valence-corrected chi connectivity index (χ1v) is 8.44. The largest absolute Gasteiger partial charge is 0.481 e. The smallest absolute Gasteiger partial charge is 0.344 e. The number of carbonyl (C=O) groups is 3. The molecule has 1 aromatic carbocycles. The maximum absolute atomic E-state index is 11.9. The molecule has 1 fully saturated rings. The fourth-order valence-corrected chi connectivity index (χ4v) is 2.90. The standard InChI is InChI=1S/C18H24N2O5/c1-12-6-2-4-8-14(12)20-16(21)10-25-17(22)11-24-15-9-5-3-7-13(15)18(19)23/h3,5,7,9,12,14H,2,4,6,8,10-11H2,1H3,(H2,19,23)(H,20,21)/t12-,14+/m0/s1. The predicted molar refractivity (Wildman–Crippen MR) is 91.0 cm³/mol. The van der Waals surface area contributed by atoms with E-state index in [1.807, 2.05) is 0 Å². The predicted octanol–water partition coefficient (Wildman–Crippen LogP) is 1.40. The summed E-state index contributed by atoms with van der Waals surface area (Å²) in [5, 5.41) is 2.90. The van der Waals surface area contributed by atoms with E-state index in [0.717, 1.165) is 19.3 Å². The molecule has 0 heterocycles. The minimum atomic E-state index is -0.689. The van der Waals surface area contributed by atoms with Crippen LogP contribution in [0.1, 0.15) is 43.0 Å². The van der Waals surface area contributed by atoms with Crippen molar-refractivity contribution < 1.29 is 23.9 Å². The molecule has 1 aliphatic carbocycles. The van der Waals surface area contributed by atoms with Crippen LogP contribution in [0.5, 0.6) is 5.75 Å². The van der Waals surface area contributed by atoms with Crippen molar-refractivity contribution in [1.82, 2.24) is 5.32 Å². The number of ether oxygens (including phenoxy) is 2. The molecule has 0 radical (unpaired) electrons. The van der Waals surface area contributed by atoms with E-state index in [2.05, 4.69) is 12.2 Å². The van der Waals surface area contributed by atoms with E-state index in [0.29, 0.717) is 5.92 Å². The third kappa shape index (κ3) is 5.77. The quantitative estimate of drug-likeness (QED) is 0.724. The molecule has 0 spiro atoms. The first-order valence-electron chi connectivity index (χ1n) is 8.44. The number of nitrogens with one attached hydrogen (secondary N) is 1. The summed E-state index contributed by atoms with van der Waals surface area (Å²) in [6, 6.07) is 6.47. The third-order valence-corrected chi connectivity index (χ3v) is 4.32. The fourth-order valence-electron chi connectivity index (χ4n) is 2.90. The highest BCUT2D eigenvalue weighted by Crippen LogP contribution is 2.23. The Morgan fingerprint density at radius 2 is 1.88 bits per heavy atom. The van der Waals surface area contributed by atoms with Crippen LogP contribution in [0.4, 0.5) is 0 Å². The van der Waals surface area contributed by atoms with Crippen LogP contribution in [0.2, 0.25) is 0 Å². The molecule has 2 rings (SSSR count). The molecule has 1 saturated carbocycles. The molecule has 25 heavy (non-hydrogen) atoms. The Morgan fingerprint density at radius 1 is 1.16 bits per heavy atom. The van der Waals surface area contributed by atoms with Crippen LogP contribution in [0.15, 0.2) is 24.3 Å². The molecule has 1 aliphatic rings. The van der Waals surface area contributed by atoms with Crippen LogP contribution >= 0.6 is 0 Å². The second-order valence-electron chi connectivity index (χ2n) is 6.25. The van der Waals surface area contributed by atoms with Gasteiger partial charge in [0.15, 0.2) is 13.2 Å². The van der Waals surface area contributed by atoms with Crippen LogP contribution in [0.25, 0.3) is 0 Å². The first kappa shape index (κ1) is 18.8. The second kappa shape index (κ2) is 9.05. The lowest BCUT2D eigenvalue weighted by atomic mass is 9.86. The fraction of sp³-hybridized carbons (Fsp3) is 0.500. The molecule has 0 bridgehead atoms. The molecule has 0 saturated heterocycles. The molecule has 7 nitrogen and oxygen atoms in total. The number of hydrogen-bond donors (Lipinski definition) is 2. The molecule has 136 valence electrons. The Balaban J connectivity index is 1.73. The summed E-state index contributed by atoms with van der Waals surface area (Å²) in [5.74, 6) is -1.02. The normalized spacial score (nSPS) is 19.7. The van der Waals surface area contributed by atoms with Crippen LogP contribution in [0, 0.1) is 5.92 Å². The Kier molecular flexibility index (Phi) is 6.80. The number of para-hydroxylation sites is 1. The molecular formula is C18H24N2O5. The third-order valence-electron chi connectivity index (χ3n) is 4.32. The average Bonchev–Trinajstić information content (AvgIpc) is 2.60. The number of rotatable bonds is 7. The summed E-state index contributed by atoms with van der Waals surface area (Å²) in [4.78, 5) is 34.9. The summed E-state index contributed by atoms with van der Waals surface area (Å²) in [6.07, 6.45) is 4.33. The van der Waals surface area contributed by atoms with Crippen LogP contribution < -0.4 is 15.8 Å². The van der Waals surface area contributed by atoms with Gasteiger partial charge in [-0.25, -0.2) is 4.79 Å². The number of benzene rings is 1. The SMILES string of the molecule is C[C@H]1CCCC[C@H]1NC(=O)COC(=O)COc1ccccc1C(N)=O. The molecule has 0 aliphatic heterocycles. The number of esters is 1. The maximum Gasteiger partial charge on any atom is 0.344 e. The summed E-state index contributed by atoms with van der Waals surface area (Å²) >= 11 is 0. The lowest BCUT2D eigenvalue weighted by Crippen LogP contribution is -2.43. The molecule has 2 amide bonds. The highest BCUT2D eigenvalue weighted by Gasteiger charge is 2.23. The zero-order valence-corrected chi connectivity index (χ0v) is 14.3. The molecule has 3 N–H and O–H groups in total. The van der Waals surface area contributed by atoms with Crippen molar-refractivity contribution in [3.05, 3.63) is 29.8 Å². The molecule has 2 atom stereocenters. The zero-order valence-electron chi connectivity index (χ0n) is 14.3. The van der Waals surface area contributed by atoms with Gasteiger partial charge in [0.05, 0.1) is 5.56 Å². The van der Waals surface area contributed by atoms with Gasteiger partial charge in [-0.15, -0.1) is 0 Å². The Morgan fingerprint density at radius 3 is 2.60 bits per heavy atom. The van der Waals surface area contributed by atoms with Gasteiger partial charge in [0, 0.05) is 6.04 Å². The van der Waals surface area contributed by atoms with E-state index in [4.69, 9.17) is 15.2 Å². The monoisotopic (exact) mass is 348 g/mol. The topological polar surface area (TPSA) is 108 Å². The molecule has 0 unspecified atom stereocenters. The Hall–Kier alpha value is -2.57. The maximum atomic E-state index is 11.9. The number of carbonyl (C=O) groups excluding carboxylic acids is 3. The van der Waals surface area contributed by atoms with Crippen LogP contribution in [-0.2, 0) is 14.3 Å². The van der Waals surface area contributed by atoms with Gasteiger partial charge < -0.3 is 20.5 Å². The van der Waals surface area contributed by atoms with Gasteiger partial charge in [0.1, 0.15) is 5.75 Å². The van der Waals surface area contributed by atoms with E-state index in [9.17, 15) is 14.4 Å². The van der Waals surface area contributed by atoms with E-state index < -0.39 is 18.5 Å². The van der Waals surface area contributed by atoms with Gasteiger partial charge in [-0.2, -0.15) is 0 Å². The molecule has 1 aromatic rings. The van der Waals surface area contributed by atoms with E-state index >= 15 is 0 Å². The van der Waals surface area contributed by atoms with Crippen molar-refractivity contribution in [3.8, 4) is 5.75 Å². The number of amides is 2.